The third-order valence-electron chi connectivity index (χ3n) is 3.14. The molecule has 5 nitrogen and oxygen atoms in total. The van der Waals surface area contributed by atoms with E-state index in [1.807, 2.05) is 0 Å². The number of ether oxygens (including phenoxy) is 1. The standard InChI is InChI=1S/C9H17NO4S/c1-14-8-4-7(6-11)10(5-8)15(12,13)9-2-3-9/h7-9,11H,2-6H2,1H3/t7-,8-/m0/s1. The van der Waals surface area contributed by atoms with E-state index in [9.17, 15) is 8.42 Å². The van der Waals surface area contributed by atoms with Crippen molar-refractivity contribution in [2.24, 2.45) is 0 Å². The predicted octanol–water partition coefficient (Wildman–Crippen LogP) is -0.440. The molecule has 0 bridgehead atoms. The molecule has 2 rings (SSSR count). The topological polar surface area (TPSA) is 66.8 Å². The molecule has 0 spiro atoms. The maximum atomic E-state index is 12.0. The van der Waals surface area contributed by atoms with E-state index >= 15 is 0 Å². The number of nitrogens with zero attached hydrogens (tertiary/aromatic N) is 1. The van der Waals surface area contributed by atoms with Crippen molar-refractivity contribution in [2.45, 2.75) is 36.7 Å². The number of rotatable bonds is 4. The summed E-state index contributed by atoms with van der Waals surface area (Å²) in [5, 5.41) is 8.95. The first-order valence-electron chi connectivity index (χ1n) is 5.24. The van der Waals surface area contributed by atoms with Crippen molar-refractivity contribution in [3.63, 3.8) is 0 Å². The SMILES string of the molecule is CO[C@H]1C[C@@H](CO)N(S(=O)(=O)C2CC2)C1. The van der Waals surface area contributed by atoms with Gasteiger partial charge in [-0.3, -0.25) is 0 Å². The van der Waals surface area contributed by atoms with Crippen LogP contribution in [0.5, 0.6) is 0 Å². The van der Waals surface area contributed by atoms with Gasteiger partial charge in [0, 0.05) is 13.7 Å². The summed E-state index contributed by atoms with van der Waals surface area (Å²) in [7, 11) is -1.60. The summed E-state index contributed by atoms with van der Waals surface area (Å²) in [5.41, 5.74) is 0. The zero-order chi connectivity index (χ0) is 11.1. The van der Waals surface area contributed by atoms with E-state index in [2.05, 4.69) is 0 Å². The maximum absolute atomic E-state index is 12.0. The van der Waals surface area contributed by atoms with E-state index < -0.39 is 10.0 Å². The smallest absolute Gasteiger partial charge is 0.217 e. The van der Waals surface area contributed by atoms with Crippen LogP contribution in [-0.4, -0.2) is 55.5 Å². The quantitative estimate of drug-likeness (QED) is 0.717. The first-order chi connectivity index (χ1) is 7.09. The molecule has 2 atom stereocenters. The third kappa shape index (κ3) is 2.04. The van der Waals surface area contributed by atoms with Crippen molar-refractivity contribution in [2.75, 3.05) is 20.3 Å². The van der Waals surface area contributed by atoms with Crippen molar-refractivity contribution < 1.29 is 18.3 Å². The van der Waals surface area contributed by atoms with Crippen LogP contribution in [0, 0.1) is 0 Å². The second kappa shape index (κ2) is 4.01. The van der Waals surface area contributed by atoms with E-state index in [4.69, 9.17) is 9.84 Å². The molecule has 0 unspecified atom stereocenters. The fraction of sp³-hybridized carbons (Fsp3) is 1.00. The Labute approximate surface area is 90.1 Å². The lowest BCUT2D eigenvalue weighted by Gasteiger charge is -2.21. The van der Waals surface area contributed by atoms with E-state index in [0.29, 0.717) is 13.0 Å². The van der Waals surface area contributed by atoms with Crippen molar-refractivity contribution in [3.05, 3.63) is 0 Å². The molecule has 2 fully saturated rings. The zero-order valence-electron chi connectivity index (χ0n) is 8.80. The minimum Gasteiger partial charge on any atom is -0.395 e. The van der Waals surface area contributed by atoms with Crippen molar-refractivity contribution in [1.29, 1.82) is 0 Å². The highest BCUT2D eigenvalue weighted by Crippen LogP contribution is 2.35. The van der Waals surface area contributed by atoms with Gasteiger partial charge < -0.3 is 9.84 Å². The summed E-state index contributed by atoms with van der Waals surface area (Å²) in [6.07, 6.45) is 2.04. The molecular weight excluding hydrogens is 218 g/mol. The predicted molar refractivity (Wildman–Crippen MR) is 54.9 cm³/mol. The molecule has 0 radical (unpaired) electrons. The number of hydrogen-bond donors (Lipinski definition) is 1. The van der Waals surface area contributed by atoms with Gasteiger partial charge in [-0.15, -0.1) is 0 Å². The Kier molecular flexibility index (Phi) is 3.03. The van der Waals surface area contributed by atoms with Crippen LogP contribution in [0.4, 0.5) is 0 Å². The van der Waals surface area contributed by atoms with Gasteiger partial charge in [0.25, 0.3) is 0 Å². The van der Waals surface area contributed by atoms with Crippen LogP contribution in [0.25, 0.3) is 0 Å². The lowest BCUT2D eigenvalue weighted by molar-refractivity contribution is 0.113. The zero-order valence-corrected chi connectivity index (χ0v) is 9.61. The molecule has 0 aromatic carbocycles. The molecule has 1 saturated heterocycles. The highest BCUT2D eigenvalue weighted by molar-refractivity contribution is 7.90. The number of sulfonamides is 1. The fourth-order valence-electron chi connectivity index (χ4n) is 2.05. The van der Waals surface area contributed by atoms with Crippen LogP contribution in [0.15, 0.2) is 0 Å². The average molecular weight is 235 g/mol. The number of aliphatic hydroxyl groups excluding tert-OH is 1. The Hall–Kier alpha value is -0.170. The van der Waals surface area contributed by atoms with Crippen molar-refractivity contribution in [1.82, 2.24) is 4.31 Å². The Bertz CT molecular complexity index is 325. The van der Waals surface area contributed by atoms with Gasteiger partial charge in [-0.05, 0) is 19.3 Å². The van der Waals surface area contributed by atoms with Crippen LogP contribution in [0.3, 0.4) is 0 Å². The Morgan fingerprint density at radius 1 is 1.47 bits per heavy atom. The van der Waals surface area contributed by atoms with Gasteiger partial charge in [0.05, 0.1) is 24.0 Å². The Morgan fingerprint density at radius 3 is 2.60 bits per heavy atom. The van der Waals surface area contributed by atoms with Crippen LogP contribution < -0.4 is 0 Å². The molecule has 1 N–H and O–H groups in total. The summed E-state index contributed by atoms with van der Waals surface area (Å²) in [6, 6.07) is -0.291. The number of hydrogen-bond acceptors (Lipinski definition) is 4. The van der Waals surface area contributed by atoms with Crippen LogP contribution in [-0.2, 0) is 14.8 Å². The van der Waals surface area contributed by atoms with Crippen LogP contribution in [0.1, 0.15) is 19.3 Å². The summed E-state index contributed by atoms with van der Waals surface area (Å²) in [6.45, 7) is 0.270. The monoisotopic (exact) mass is 235 g/mol. The summed E-state index contributed by atoms with van der Waals surface area (Å²) < 4.78 is 30.6. The molecule has 0 amide bonds. The fourth-order valence-corrected chi connectivity index (χ4v) is 4.11. The second-order valence-corrected chi connectivity index (χ2v) is 6.41. The normalized spacial score (nSPS) is 33.5. The molecule has 1 heterocycles. The second-order valence-electron chi connectivity index (χ2n) is 4.24. The number of aliphatic hydroxyl groups is 1. The summed E-state index contributed by atoms with van der Waals surface area (Å²) in [4.78, 5) is 0. The molecule has 1 saturated carbocycles. The van der Waals surface area contributed by atoms with Crippen molar-refractivity contribution >= 4 is 10.0 Å². The summed E-state index contributed by atoms with van der Waals surface area (Å²) >= 11 is 0. The molecule has 2 aliphatic rings. The highest BCUT2D eigenvalue weighted by atomic mass is 32.2. The molecule has 1 aliphatic heterocycles. The van der Waals surface area contributed by atoms with E-state index in [0.717, 1.165) is 12.8 Å². The van der Waals surface area contributed by atoms with Crippen LogP contribution in [0.2, 0.25) is 0 Å². The van der Waals surface area contributed by atoms with E-state index in [1.54, 1.807) is 7.11 Å². The Morgan fingerprint density at radius 2 is 2.13 bits per heavy atom. The molecule has 0 aromatic rings. The van der Waals surface area contributed by atoms with Crippen LogP contribution >= 0.6 is 0 Å². The van der Waals surface area contributed by atoms with Gasteiger partial charge >= 0.3 is 0 Å². The van der Waals surface area contributed by atoms with Gasteiger partial charge in [-0.1, -0.05) is 0 Å². The minimum absolute atomic E-state index is 0.0734. The molecule has 0 aromatic heterocycles. The average Bonchev–Trinajstić information content (AvgIpc) is 2.98. The lowest BCUT2D eigenvalue weighted by atomic mass is 10.2. The first-order valence-corrected chi connectivity index (χ1v) is 6.74. The van der Waals surface area contributed by atoms with Gasteiger partial charge in [0.15, 0.2) is 0 Å². The molecule has 15 heavy (non-hydrogen) atoms. The number of methoxy groups -OCH3 is 1. The molecular formula is C9H17NO4S. The highest BCUT2D eigenvalue weighted by Gasteiger charge is 2.46. The maximum Gasteiger partial charge on any atom is 0.217 e. The Balaban J connectivity index is 2.13. The first kappa shape index (κ1) is 11.3. The van der Waals surface area contributed by atoms with Gasteiger partial charge in [0.1, 0.15) is 0 Å². The van der Waals surface area contributed by atoms with Gasteiger partial charge in [-0.2, -0.15) is 4.31 Å². The van der Waals surface area contributed by atoms with E-state index in [1.165, 1.54) is 4.31 Å². The third-order valence-corrected chi connectivity index (χ3v) is 5.56. The molecule has 6 heteroatoms. The lowest BCUT2D eigenvalue weighted by Crippen LogP contribution is -2.39. The molecule has 88 valence electrons. The van der Waals surface area contributed by atoms with Crippen molar-refractivity contribution in [3.8, 4) is 0 Å². The minimum atomic E-state index is -3.18. The van der Waals surface area contributed by atoms with Gasteiger partial charge in [-0.25, -0.2) is 8.42 Å². The largest absolute Gasteiger partial charge is 0.395 e. The van der Waals surface area contributed by atoms with E-state index in [-0.39, 0.29) is 24.0 Å². The van der Waals surface area contributed by atoms with Gasteiger partial charge in [0.2, 0.25) is 10.0 Å². The summed E-state index contributed by atoms with van der Waals surface area (Å²) in [5.74, 6) is 0. The molecule has 1 aliphatic carbocycles.